The molecule has 2 aromatic rings. The molecule has 2 heterocycles. The van der Waals surface area contributed by atoms with Crippen LogP contribution in [0.25, 0.3) is 0 Å². The van der Waals surface area contributed by atoms with Gasteiger partial charge in [-0.2, -0.15) is 17.6 Å². The van der Waals surface area contributed by atoms with Crippen LogP contribution in [-0.4, -0.2) is 35.9 Å². The minimum Gasteiger partial charge on any atom is -0.452 e. The van der Waals surface area contributed by atoms with Crippen molar-refractivity contribution in [2.45, 2.75) is 24.2 Å². The van der Waals surface area contributed by atoms with E-state index in [2.05, 4.69) is 31.2 Å². The van der Waals surface area contributed by atoms with Crippen molar-refractivity contribution >= 4 is 27.9 Å². The number of aromatic nitrogens is 1. The number of rotatable bonds is 3. The number of halogens is 6. The average molecular weight is 478 g/mol. The molecule has 1 aromatic carbocycles. The van der Waals surface area contributed by atoms with Crippen LogP contribution in [0.3, 0.4) is 0 Å². The summed E-state index contributed by atoms with van der Waals surface area (Å²) in [4.78, 5) is 19.5. The van der Waals surface area contributed by atoms with Gasteiger partial charge in [-0.1, -0.05) is 18.2 Å². The molecule has 0 aliphatic carbocycles. The first kappa shape index (κ1) is 21.2. The molecule has 5 nitrogen and oxygen atoms in total. The fraction of sp³-hybridized carbons (Fsp3) is 0.278. The lowest BCUT2D eigenvalue weighted by atomic mass is 9.86. The molecule has 2 atom stereocenters. The van der Waals surface area contributed by atoms with E-state index in [0.29, 0.717) is 0 Å². The number of nitrogens with one attached hydrogen (secondary N) is 1. The molecule has 0 saturated carbocycles. The largest absolute Gasteiger partial charge is 0.452 e. The van der Waals surface area contributed by atoms with E-state index in [1.54, 1.807) is 18.2 Å². The summed E-state index contributed by atoms with van der Waals surface area (Å²) >= 11 is 3.03. The summed E-state index contributed by atoms with van der Waals surface area (Å²) in [6.07, 6.45) is -7.37. The molecular formula is C18H13BrF5N3O2. The van der Waals surface area contributed by atoms with Crippen LogP contribution in [-0.2, 0) is 10.3 Å². The van der Waals surface area contributed by atoms with Crippen LogP contribution in [0.5, 0.6) is 0 Å². The topological polar surface area (TPSA) is 63.6 Å². The molecule has 1 aliphatic rings. The number of carbonyl (C=O) groups excluding carboxylic acids is 1. The Hall–Kier alpha value is -2.56. The summed E-state index contributed by atoms with van der Waals surface area (Å²) in [5, 5.41) is 2.10. The molecule has 29 heavy (non-hydrogen) atoms. The summed E-state index contributed by atoms with van der Waals surface area (Å²) in [7, 11) is 0. The van der Waals surface area contributed by atoms with Crippen LogP contribution in [0, 0.1) is 5.95 Å². The number of nitrogens with zero attached hydrogens (tertiary/aromatic N) is 2. The van der Waals surface area contributed by atoms with Gasteiger partial charge in [0.1, 0.15) is 12.2 Å². The summed E-state index contributed by atoms with van der Waals surface area (Å²) in [6.45, 7) is -1.47. The van der Waals surface area contributed by atoms with Crippen molar-refractivity contribution in [2.75, 3.05) is 6.67 Å². The molecule has 154 valence electrons. The fourth-order valence-electron chi connectivity index (χ4n) is 2.82. The van der Waals surface area contributed by atoms with Gasteiger partial charge in [0.25, 0.3) is 11.9 Å². The van der Waals surface area contributed by atoms with Crippen LogP contribution in [0.1, 0.15) is 22.3 Å². The first-order chi connectivity index (χ1) is 13.6. The van der Waals surface area contributed by atoms with Gasteiger partial charge in [0.15, 0.2) is 6.10 Å². The lowest BCUT2D eigenvalue weighted by Crippen LogP contribution is -2.50. The zero-order valence-corrected chi connectivity index (χ0v) is 16.1. The Morgan fingerprint density at radius 2 is 2.00 bits per heavy atom. The fourth-order valence-corrected chi connectivity index (χ4v) is 3.16. The number of hydrogen-bond acceptors (Lipinski definition) is 4. The lowest BCUT2D eigenvalue weighted by Gasteiger charge is -2.37. The maximum absolute atomic E-state index is 14.3. The van der Waals surface area contributed by atoms with Gasteiger partial charge in [0.05, 0.1) is 0 Å². The molecule has 0 bridgehead atoms. The molecule has 0 radical (unpaired) electrons. The van der Waals surface area contributed by atoms with Crippen molar-refractivity contribution in [1.29, 1.82) is 0 Å². The van der Waals surface area contributed by atoms with Crippen LogP contribution < -0.4 is 5.32 Å². The highest BCUT2D eigenvalue weighted by Crippen LogP contribution is 2.41. The highest BCUT2D eigenvalue weighted by molar-refractivity contribution is 9.10. The lowest BCUT2D eigenvalue weighted by molar-refractivity contribution is -0.209. The van der Waals surface area contributed by atoms with Crippen LogP contribution in [0.15, 0.2) is 52.1 Å². The number of benzene rings is 1. The van der Waals surface area contributed by atoms with Crippen molar-refractivity contribution in [3.63, 3.8) is 0 Å². The molecule has 0 unspecified atom stereocenters. The predicted molar refractivity (Wildman–Crippen MR) is 96.4 cm³/mol. The third-order valence-corrected chi connectivity index (χ3v) is 4.68. The monoisotopic (exact) mass is 477 g/mol. The van der Waals surface area contributed by atoms with Gasteiger partial charge in [-0.3, -0.25) is 10.1 Å². The predicted octanol–water partition coefficient (Wildman–Crippen LogP) is 4.29. The summed E-state index contributed by atoms with van der Waals surface area (Å²) in [5.41, 5.74) is -2.65. The Bertz CT molecular complexity index is 939. The second kappa shape index (κ2) is 8.05. The Kier molecular flexibility index (Phi) is 5.87. The number of aliphatic imine (C=N–C) groups is 1. The molecule has 3 rings (SSSR count). The molecular weight excluding hydrogens is 465 g/mol. The highest BCUT2D eigenvalue weighted by atomic mass is 79.9. The van der Waals surface area contributed by atoms with E-state index in [4.69, 9.17) is 4.74 Å². The number of amides is 1. The molecule has 1 N–H and O–H groups in total. The van der Waals surface area contributed by atoms with Gasteiger partial charge in [-0.05, 0) is 34.1 Å². The number of hydrogen-bond donors (Lipinski definition) is 1. The maximum atomic E-state index is 14.3. The van der Waals surface area contributed by atoms with E-state index >= 15 is 0 Å². The number of alkyl halides is 4. The zero-order chi connectivity index (χ0) is 21.2. The van der Waals surface area contributed by atoms with Gasteiger partial charge in [0, 0.05) is 28.2 Å². The van der Waals surface area contributed by atoms with E-state index in [0.717, 1.165) is 12.3 Å². The van der Waals surface area contributed by atoms with Crippen molar-refractivity contribution in [1.82, 2.24) is 10.3 Å². The third-order valence-electron chi connectivity index (χ3n) is 4.24. The van der Waals surface area contributed by atoms with E-state index in [1.807, 2.05) is 0 Å². The maximum Gasteiger partial charge on any atom is 0.425 e. The van der Waals surface area contributed by atoms with Crippen LogP contribution >= 0.6 is 15.9 Å². The SMILES string of the molecule is O=C(NC1=N[C@](CF)(c2cc(Br)cnc2F)C[C@@H](C(F)(F)F)O1)c1ccccc1. The Balaban J connectivity index is 2.05. The third kappa shape index (κ3) is 4.55. The minimum atomic E-state index is -4.91. The molecule has 0 fully saturated rings. The smallest absolute Gasteiger partial charge is 0.425 e. The second-order valence-corrected chi connectivity index (χ2v) is 7.16. The molecule has 11 heteroatoms. The van der Waals surface area contributed by atoms with E-state index in [9.17, 15) is 26.7 Å². The van der Waals surface area contributed by atoms with Crippen molar-refractivity contribution in [3.8, 4) is 0 Å². The zero-order valence-electron chi connectivity index (χ0n) is 14.5. The molecule has 0 saturated heterocycles. The Morgan fingerprint density at radius 3 is 2.62 bits per heavy atom. The Morgan fingerprint density at radius 1 is 1.31 bits per heavy atom. The molecule has 1 aromatic heterocycles. The van der Waals surface area contributed by atoms with Gasteiger partial charge in [0.2, 0.25) is 5.95 Å². The van der Waals surface area contributed by atoms with Crippen LogP contribution in [0.2, 0.25) is 0 Å². The van der Waals surface area contributed by atoms with Crippen molar-refractivity contribution < 1.29 is 31.5 Å². The highest BCUT2D eigenvalue weighted by Gasteiger charge is 2.52. The van der Waals surface area contributed by atoms with Gasteiger partial charge >= 0.3 is 6.18 Å². The summed E-state index contributed by atoms with van der Waals surface area (Å²) in [5.74, 6) is -1.99. The van der Waals surface area contributed by atoms with Gasteiger partial charge in [-0.15, -0.1) is 0 Å². The molecule has 1 aliphatic heterocycles. The number of amidine groups is 1. The average Bonchev–Trinajstić information content (AvgIpc) is 2.69. The number of ether oxygens (including phenoxy) is 1. The van der Waals surface area contributed by atoms with Gasteiger partial charge < -0.3 is 4.74 Å². The summed E-state index contributed by atoms with van der Waals surface area (Å²) < 4.78 is 73.6. The molecule has 0 spiro atoms. The minimum absolute atomic E-state index is 0.120. The van der Waals surface area contributed by atoms with E-state index in [1.165, 1.54) is 12.1 Å². The van der Waals surface area contributed by atoms with Crippen LogP contribution in [0.4, 0.5) is 22.0 Å². The summed E-state index contributed by atoms with van der Waals surface area (Å²) in [6, 6.07) is 7.81. The molecule has 1 amide bonds. The standard InChI is InChI=1S/C18H13BrF5N3O2/c19-11-6-12(14(21)25-8-11)17(9-20)7-13(18(22,23)24)29-16(27-17)26-15(28)10-4-2-1-3-5-10/h1-6,8,13H,7,9H2,(H,26,27,28)/t13-,17+/m0/s1. The first-order valence-electron chi connectivity index (χ1n) is 8.22. The normalized spacial score (nSPS) is 21.9. The Labute approximate surface area is 170 Å². The number of pyridine rings is 1. The quantitative estimate of drug-likeness (QED) is 0.529. The number of carbonyl (C=O) groups is 1. The van der Waals surface area contributed by atoms with Gasteiger partial charge in [-0.25, -0.2) is 14.4 Å². The van der Waals surface area contributed by atoms with E-state index in [-0.39, 0.29) is 10.0 Å². The van der Waals surface area contributed by atoms with Crippen molar-refractivity contribution in [2.24, 2.45) is 4.99 Å². The first-order valence-corrected chi connectivity index (χ1v) is 9.01. The van der Waals surface area contributed by atoms with Crippen molar-refractivity contribution in [3.05, 3.63) is 64.1 Å². The second-order valence-electron chi connectivity index (χ2n) is 6.25. The van der Waals surface area contributed by atoms with E-state index < -0.39 is 54.4 Å².